The number of carbonyl (C=O) groups excluding carboxylic acids is 2. The van der Waals surface area contributed by atoms with Gasteiger partial charge in [0.25, 0.3) is 10.0 Å². The van der Waals surface area contributed by atoms with E-state index in [0.29, 0.717) is 22.9 Å². The van der Waals surface area contributed by atoms with E-state index in [1.807, 2.05) is 0 Å². The van der Waals surface area contributed by atoms with E-state index in [1.54, 1.807) is 45.0 Å². The van der Waals surface area contributed by atoms with Crippen molar-refractivity contribution in [3.63, 3.8) is 0 Å². The molecule has 0 radical (unpaired) electrons. The van der Waals surface area contributed by atoms with Crippen LogP contribution in [0.3, 0.4) is 0 Å². The molecule has 3 aromatic rings. The minimum atomic E-state index is -4.37. The predicted octanol–water partition coefficient (Wildman–Crippen LogP) is 4.39. The van der Waals surface area contributed by atoms with Gasteiger partial charge in [-0.1, -0.05) is 23.7 Å². The largest absolute Gasteiger partial charge is 0.486 e. The van der Waals surface area contributed by atoms with Gasteiger partial charge in [0.15, 0.2) is 11.5 Å². The number of anilines is 1. The lowest BCUT2D eigenvalue weighted by Crippen LogP contribution is -2.52. The zero-order valence-electron chi connectivity index (χ0n) is 22.8. The molecule has 1 aliphatic rings. The molecule has 1 atom stereocenters. The number of benzene rings is 3. The molecule has 41 heavy (non-hydrogen) atoms. The number of carbonyl (C=O) groups is 2. The average Bonchev–Trinajstić information content (AvgIpc) is 2.94. The third-order valence-electron chi connectivity index (χ3n) is 6.34. The Morgan fingerprint density at radius 2 is 1.66 bits per heavy atom. The quantitative estimate of drug-likeness (QED) is 0.369. The van der Waals surface area contributed by atoms with Crippen LogP contribution in [0.25, 0.3) is 0 Å². The number of fused-ring (bicyclic) bond motifs is 1. The summed E-state index contributed by atoms with van der Waals surface area (Å²) in [6.07, 6.45) is 0. The molecule has 1 aliphatic heterocycles. The molecule has 3 aromatic carbocycles. The van der Waals surface area contributed by atoms with E-state index in [4.69, 9.17) is 21.1 Å². The Labute approximate surface area is 243 Å². The van der Waals surface area contributed by atoms with Crippen molar-refractivity contribution in [1.29, 1.82) is 0 Å². The van der Waals surface area contributed by atoms with Gasteiger partial charge in [-0.15, -0.1) is 0 Å². The van der Waals surface area contributed by atoms with Crippen LogP contribution in [0, 0.1) is 5.82 Å². The van der Waals surface area contributed by atoms with Crippen LogP contribution in [0.5, 0.6) is 11.5 Å². The van der Waals surface area contributed by atoms with Crippen molar-refractivity contribution in [3.8, 4) is 11.5 Å². The maximum atomic E-state index is 14.0. The Morgan fingerprint density at radius 1 is 0.976 bits per heavy atom. The molecule has 2 amide bonds. The minimum absolute atomic E-state index is 0.00654. The number of nitrogens with one attached hydrogen (secondary N) is 1. The first kappa shape index (κ1) is 30.1. The third-order valence-corrected chi connectivity index (χ3v) is 8.34. The van der Waals surface area contributed by atoms with Crippen LogP contribution in [0.2, 0.25) is 5.02 Å². The van der Waals surface area contributed by atoms with Crippen molar-refractivity contribution in [2.75, 3.05) is 24.1 Å². The highest BCUT2D eigenvalue weighted by Crippen LogP contribution is 2.34. The SMILES string of the molecule is CC(C)NC(=O)[C@@H](C)N(Cc1cccc(Cl)c1)C(=O)CN(c1ccc(F)cc1)S(=O)(=O)c1ccc2c(c1)OCCO2. The standard InChI is InChI=1S/C29H31ClFN3O6S/c1-19(2)32-29(36)20(3)33(17-21-5-4-6-22(30)15-21)28(35)18-34(24-9-7-23(31)8-10-24)41(37,38)25-11-12-26-27(16-25)40-14-13-39-26/h4-12,15-16,19-20H,13-14,17-18H2,1-3H3,(H,32,36)/t20-/m1/s1. The topological polar surface area (TPSA) is 105 Å². The molecule has 9 nitrogen and oxygen atoms in total. The average molecular weight is 604 g/mol. The molecule has 0 aliphatic carbocycles. The first-order valence-corrected chi connectivity index (χ1v) is 14.8. The Morgan fingerprint density at radius 3 is 2.32 bits per heavy atom. The molecule has 0 saturated heterocycles. The van der Waals surface area contributed by atoms with Crippen LogP contribution < -0.4 is 19.1 Å². The molecule has 0 saturated carbocycles. The third kappa shape index (κ3) is 7.28. The molecular formula is C29H31ClFN3O6S. The van der Waals surface area contributed by atoms with Gasteiger partial charge in [0.2, 0.25) is 11.8 Å². The van der Waals surface area contributed by atoms with Crippen molar-refractivity contribution in [2.24, 2.45) is 0 Å². The minimum Gasteiger partial charge on any atom is -0.486 e. The number of hydrogen-bond acceptors (Lipinski definition) is 6. The first-order valence-electron chi connectivity index (χ1n) is 13.0. The fraction of sp³-hybridized carbons (Fsp3) is 0.310. The Hall–Kier alpha value is -3.83. The summed E-state index contributed by atoms with van der Waals surface area (Å²) in [5.41, 5.74) is 0.717. The summed E-state index contributed by atoms with van der Waals surface area (Å²) in [6, 6.07) is 14.6. The number of rotatable bonds is 10. The number of ether oxygens (including phenoxy) is 2. The number of nitrogens with zero attached hydrogens (tertiary/aromatic N) is 2. The van der Waals surface area contributed by atoms with Gasteiger partial charge in [-0.3, -0.25) is 13.9 Å². The summed E-state index contributed by atoms with van der Waals surface area (Å²) in [7, 11) is -4.37. The zero-order chi connectivity index (χ0) is 29.7. The van der Waals surface area contributed by atoms with Crippen LogP contribution in [-0.4, -0.2) is 57.0 Å². The van der Waals surface area contributed by atoms with Gasteiger partial charge in [0, 0.05) is 23.7 Å². The molecule has 12 heteroatoms. The summed E-state index contributed by atoms with van der Waals surface area (Å²) in [6.45, 7) is 5.08. The van der Waals surface area contributed by atoms with E-state index in [2.05, 4.69) is 5.32 Å². The molecule has 0 unspecified atom stereocenters. The van der Waals surface area contributed by atoms with Gasteiger partial charge < -0.3 is 19.7 Å². The zero-order valence-corrected chi connectivity index (χ0v) is 24.4. The Bertz CT molecular complexity index is 1520. The first-order chi connectivity index (χ1) is 19.5. The van der Waals surface area contributed by atoms with Gasteiger partial charge in [0.05, 0.1) is 10.6 Å². The molecule has 0 aromatic heterocycles. The fourth-order valence-corrected chi connectivity index (χ4v) is 5.91. The van der Waals surface area contributed by atoms with Crippen LogP contribution in [-0.2, 0) is 26.2 Å². The van der Waals surface area contributed by atoms with Gasteiger partial charge in [-0.2, -0.15) is 0 Å². The molecular weight excluding hydrogens is 573 g/mol. The van der Waals surface area contributed by atoms with E-state index in [-0.39, 0.29) is 35.5 Å². The van der Waals surface area contributed by atoms with E-state index in [0.717, 1.165) is 16.4 Å². The molecule has 1 heterocycles. The van der Waals surface area contributed by atoms with Crippen molar-refractivity contribution in [2.45, 2.75) is 44.3 Å². The summed E-state index contributed by atoms with van der Waals surface area (Å²) in [5, 5.41) is 3.24. The van der Waals surface area contributed by atoms with Gasteiger partial charge in [0.1, 0.15) is 31.6 Å². The Balaban J connectivity index is 1.72. The normalized spacial score (nSPS) is 13.4. The van der Waals surface area contributed by atoms with E-state index >= 15 is 0 Å². The summed E-state index contributed by atoms with van der Waals surface area (Å²) in [5.74, 6) is -0.972. The Kier molecular flexibility index (Phi) is 9.39. The van der Waals surface area contributed by atoms with Gasteiger partial charge in [-0.25, -0.2) is 12.8 Å². The summed E-state index contributed by atoms with van der Waals surface area (Å²) >= 11 is 6.15. The summed E-state index contributed by atoms with van der Waals surface area (Å²) in [4.78, 5) is 28.0. The van der Waals surface area contributed by atoms with Crippen LogP contribution in [0.1, 0.15) is 26.3 Å². The molecule has 0 spiro atoms. The lowest BCUT2D eigenvalue weighted by atomic mass is 10.1. The van der Waals surface area contributed by atoms with E-state index in [9.17, 15) is 22.4 Å². The molecule has 4 rings (SSSR count). The molecule has 0 bridgehead atoms. The second-order valence-electron chi connectivity index (χ2n) is 9.78. The van der Waals surface area contributed by atoms with Crippen LogP contribution in [0.4, 0.5) is 10.1 Å². The number of sulfonamides is 1. The molecule has 1 N–H and O–H groups in total. The van der Waals surface area contributed by atoms with Crippen molar-refractivity contribution in [3.05, 3.63) is 83.1 Å². The highest BCUT2D eigenvalue weighted by atomic mass is 35.5. The number of amides is 2. The maximum absolute atomic E-state index is 14.0. The highest BCUT2D eigenvalue weighted by molar-refractivity contribution is 7.92. The lowest BCUT2D eigenvalue weighted by molar-refractivity contribution is -0.139. The fourth-order valence-electron chi connectivity index (χ4n) is 4.27. The van der Waals surface area contributed by atoms with Crippen LogP contribution >= 0.6 is 11.6 Å². The monoisotopic (exact) mass is 603 g/mol. The smallest absolute Gasteiger partial charge is 0.264 e. The van der Waals surface area contributed by atoms with Gasteiger partial charge in [-0.05, 0) is 74.9 Å². The maximum Gasteiger partial charge on any atom is 0.264 e. The van der Waals surface area contributed by atoms with Crippen molar-refractivity contribution in [1.82, 2.24) is 10.2 Å². The summed E-state index contributed by atoms with van der Waals surface area (Å²) < 4.78 is 53.7. The van der Waals surface area contributed by atoms with Crippen molar-refractivity contribution < 1.29 is 31.9 Å². The number of hydrogen-bond donors (Lipinski definition) is 1. The lowest BCUT2D eigenvalue weighted by Gasteiger charge is -2.32. The second-order valence-corrected chi connectivity index (χ2v) is 12.1. The second kappa shape index (κ2) is 12.8. The van der Waals surface area contributed by atoms with Crippen LogP contribution in [0.15, 0.2) is 71.6 Å². The van der Waals surface area contributed by atoms with E-state index in [1.165, 1.54) is 35.2 Å². The van der Waals surface area contributed by atoms with Gasteiger partial charge >= 0.3 is 0 Å². The predicted molar refractivity (Wildman–Crippen MR) is 153 cm³/mol. The molecule has 218 valence electrons. The van der Waals surface area contributed by atoms with Crippen molar-refractivity contribution >= 4 is 39.1 Å². The number of halogens is 2. The van der Waals surface area contributed by atoms with E-state index < -0.39 is 40.2 Å². The highest BCUT2D eigenvalue weighted by Gasteiger charge is 2.33. The molecule has 0 fully saturated rings.